The van der Waals surface area contributed by atoms with E-state index in [-0.39, 0.29) is 5.91 Å². The van der Waals surface area contributed by atoms with Crippen molar-refractivity contribution >= 4 is 22.4 Å². The van der Waals surface area contributed by atoms with E-state index in [0.29, 0.717) is 28.4 Å². The molecule has 0 unspecified atom stereocenters. The number of hydrogen-bond donors (Lipinski definition) is 3. The van der Waals surface area contributed by atoms with Crippen LogP contribution in [0.1, 0.15) is 58.6 Å². The first-order chi connectivity index (χ1) is 13.8. The molecule has 1 aliphatic heterocycles. The van der Waals surface area contributed by atoms with Gasteiger partial charge in [-0.1, -0.05) is 12.1 Å². The van der Waals surface area contributed by atoms with Crippen LogP contribution >= 0.6 is 11.3 Å². The Balaban J connectivity index is 1.24. The van der Waals surface area contributed by atoms with Gasteiger partial charge in [-0.2, -0.15) is 5.10 Å². The number of anilines is 1. The molecular weight excluding hydrogens is 372 g/mol. The largest absolute Gasteiger partial charge is 0.317 e. The smallest absolute Gasteiger partial charge is 0.257 e. The van der Waals surface area contributed by atoms with Gasteiger partial charge in [-0.3, -0.25) is 15.2 Å². The highest BCUT2D eigenvalue weighted by atomic mass is 32.1. The molecule has 1 saturated heterocycles. The topological polar surface area (TPSA) is 95.6 Å². The van der Waals surface area contributed by atoms with Crippen molar-refractivity contribution in [3.05, 3.63) is 46.7 Å². The number of piperidine rings is 1. The Morgan fingerprint density at radius 3 is 2.61 bits per heavy atom. The number of carbonyl (C=O) groups excluding carboxylic acids is 1. The van der Waals surface area contributed by atoms with Crippen molar-refractivity contribution in [1.82, 2.24) is 25.5 Å². The van der Waals surface area contributed by atoms with E-state index in [9.17, 15) is 4.79 Å². The maximum Gasteiger partial charge on any atom is 0.257 e. The molecule has 1 amide bonds. The first-order valence-corrected chi connectivity index (χ1v) is 10.6. The van der Waals surface area contributed by atoms with Crippen molar-refractivity contribution in [1.29, 1.82) is 0 Å². The van der Waals surface area contributed by atoms with Crippen LogP contribution in [0.25, 0.3) is 11.4 Å². The van der Waals surface area contributed by atoms with Gasteiger partial charge in [0.05, 0.1) is 0 Å². The van der Waals surface area contributed by atoms with Gasteiger partial charge in [0.2, 0.25) is 0 Å². The van der Waals surface area contributed by atoms with Crippen molar-refractivity contribution in [3.63, 3.8) is 0 Å². The van der Waals surface area contributed by atoms with Gasteiger partial charge in [-0.05, 0) is 56.8 Å². The molecule has 28 heavy (non-hydrogen) atoms. The molecule has 8 heteroatoms. The normalized spacial score (nSPS) is 17.6. The van der Waals surface area contributed by atoms with E-state index < -0.39 is 0 Å². The average Bonchev–Trinajstić information content (AvgIpc) is 3.28. The van der Waals surface area contributed by atoms with Crippen molar-refractivity contribution < 1.29 is 4.79 Å². The van der Waals surface area contributed by atoms with E-state index in [1.807, 2.05) is 18.3 Å². The van der Waals surface area contributed by atoms with Gasteiger partial charge in [0.25, 0.3) is 5.91 Å². The molecule has 3 N–H and O–H groups in total. The molecule has 3 heterocycles. The third-order valence-electron chi connectivity index (χ3n) is 5.36. The highest BCUT2D eigenvalue weighted by molar-refractivity contribution is 7.15. The quantitative estimate of drug-likeness (QED) is 0.615. The summed E-state index contributed by atoms with van der Waals surface area (Å²) in [6.07, 6.45) is 6.52. The number of nitrogens with one attached hydrogen (secondary N) is 3. The molecule has 2 aliphatic rings. The molecular formula is C20H22N6OS. The lowest BCUT2D eigenvalue weighted by molar-refractivity contribution is 0.102. The molecule has 0 atom stereocenters. The van der Waals surface area contributed by atoms with Crippen LogP contribution in [-0.4, -0.2) is 39.2 Å². The van der Waals surface area contributed by atoms with Gasteiger partial charge >= 0.3 is 0 Å². The Bertz CT molecular complexity index is 969. The summed E-state index contributed by atoms with van der Waals surface area (Å²) in [5, 5.41) is 14.3. The van der Waals surface area contributed by atoms with Crippen molar-refractivity contribution in [2.24, 2.45) is 0 Å². The van der Waals surface area contributed by atoms with E-state index >= 15 is 0 Å². The van der Waals surface area contributed by atoms with Crippen molar-refractivity contribution in [2.45, 2.75) is 37.5 Å². The second kappa shape index (κ2) is 7.44. The fourth-order valence-corrected chi connectivity index (χ4v) is 4.50. The summed E-state index contributed by atoms with van der Waals surface area (Å²) in [5.41, 5.74) is 1.50. The number of amides is 1. The summed E-state index contributed by atoms with van der Waals surface area (Å²) in [5.74, 6) is 2.59. The Hall–Kier alpha value is -2.58. The summed E-state index contributed by atoms with van der Waals surface area (Å²) in [4.78, 5) is 22.8. The van der Waals surface area contributed by atoms with Gasteiger partial charge in [0.15, 0.2) is 11.0 Å². The Labute approximate surface area is 167 Å². The van der Waals surface area contributed by atoms with Gasteiger partial charge in [-0.25, -0.2) is 9.97 Å². The lowest BCUT2D eigenvalue weighted by Gasteiger charge is -2.20. The molecule has 3 aromatic rings. The van der Waals surface area contributed by atoms with E-state index in [0.717, 1.165) is 37.3 Å². The average molecular weight is 395 g/mol. The van der Waals surface area contributed by atoms with Gasteiger partial charge in [-0.15, -0.1) is 11.3 Å². The first kappa shape index (κ1) is 17.5. The maximum absolute atomic E-state index is 12.6. The highest BCUT2D eigenvalue weighted by Gasteiger charge is 2.27. The van der Waals surface area contributed by atoms with Gasteiger partial charge in [0, 0.05) is 28.1 Å². The molecule has 1 aliphatic carbocycles. The van der Waals surface area contributed by atoms with E-state index in [1.54, 1.807) is 23.5 Å². The first-order valence-electron chi connectivity index (χ1n) is 9.77. The molecule has 0 bridgehead atoms. The third-order valence-corrected chi connectivity index (χ3v) is 6.43. The number of nitrogens with zero attached hydrogens (tertiary/aromatic N) is 3. The Morgan fingerprint density at radius 2 is 1.86 bits per heavy atom. The van der Waals surface area contributed by atoms with E-state index in [4.69, 9.17) is 0 Å². The lowest BCUT2D eigenvalue weighted by atomic mass is 9.97. The molecule has 7 nitrogen and oxygen atoms in total. The number of benzene rings is 1. The number of aromatic nitrogens is 4. The van der Waals surface area contributed by atoms with E-state index in [1.165, 1.54) is 17.7 Å². The molecule has 1 aromatic carbocycles. The van der Waals surface area contributed by atoms with Gasteiger partial charge in [0.1, 0.15) is 5.82 Å². The van der Waals surface area contributed by atoms with Crippen LogP contribution < -0.4 is 10.6 Å². The monoisotopic (exact) mass is 394 g/mol. The van der Waals surface area contributed by atoms with Gasteiger partial charge < -0.3 is 5.32 Å². The standard InChI is InChI=1S/C20H22N6OS/c27-19(24-20-22-11-16(28-20)12-7-9-21-10-8-12)15-5-3-14(4-6-15)18-23-17(25-26-18)13-1-2-13/h3-6,11-13,21H,1-2,7-10H2,(H,22,24,27)(H,23,25,26). The Morgan fingerprint density at radius 1 is 1.07 bits per heavy atom. The molecule has 0 spiro atoms. The van der Waals surface area contributed by atoms with Crippen LogP contribution in [0.3, 0.4) is 0 Å². The zero-order chi connectivity index (χ0) is 18.9. The van der Waals surface area contributed by atoms with Crippen molar-refractivity contribution in [3.8, 4) is 11.4 Å². The number of rotatable bonds is 5. The summed E-state index contributed by atoms with van der Waals surface area (Å²) in [6.45, 7) is 2.09. The summed E-state index contributed by atoms with van der Waals surface area (Å²) >= 11 is 1.58. The number of aromatic amines is 1. The number of hydrogen-bond acceptors (Lipinski definition) is 6. The fourth-order valence-electron chi connectivity index (χ4n) is 3.52. The zero-order valence-corrected chi connectivity index (χ0v) is 16.3. The number of thiazole rings is 1. The van der Waals surface area contributed by atoms with E-state index in [2.05, 4.69) is 30.8 Å². The minimum atomic E-state index is -0.147. The summed E-state index contributed by atoms with van der Waals surface area (Å²) < 4.78 is 0. The summed E-state index contributed by atoms with van der Waals surface area (Å²) in [7, 11) is 0. The molecule has 0 radical (unpaired) electrons. The second-order valence-corrected chi connectivity index (χ2v) is 8.50. The SMILES string of the molecule is O=C(Nc1ncc(C2CCNCC2)s1)c1ccc(-c2n[nH]c(C3CC3)n2)cc1. The summed E-state index contributed by atoms with van der Waals surface area (Å²) in [6, 6.07) is 7.38. The second-order valence-electron chi connectivity index (χ2n) is 7.44. The molecule has 1 saturated carbocycles. The highest BCUT2D eigenvalue weighted by Crippen LogP contribution is 2.38. The third kappa shape index (κ3) is 3.70. The fraction of sp³-hybridized carbons (Fsp3) is 0.400. The predicted octanol–water partition coefficient (Wildman–Crippen LogP) is 3.52. The molecule has 2 fully saturated rings. The number of H-pyrrole nitrogens is 1. The van der Waals surface area contributed by atoms with Crippen LogP contribution in [0.15, 0.2) is 30.5 Å². The van der Waals surface area contributed by atoms with Crippen LogP contribution in [-0.2, 0) is 0 Å². The minimum absolute atomic E-state index is 0.147. The maximum atomic E-state index is 12.6. The minimum Gasteiger partial charge on any atom is -0.317 e. The predicted molar refractivity (Wildman–Crippen MR) is 109 cm³/mol. The molecule has 144 valence electrons. The lowest BCUT2D eigenvalue weighted by Crippen LogP contribution is -2.26. The Kier molecular flexibility index (Phi) is 4.66. The van der Waals surface area contributed by atoms with Crippen LogP contribution in [0.5, 0.6) is 0 Å². The van der Waals surface area contributed by atoms with Crippen molar-refractivity contribution in [2.75, 3.05) is 18.4 Å². The number of carbonyl (C=O) groups is 1. The van der Waals surface area contributed by atoms with Crippen LogP contribution in [0.4, 0.5) is 5.13 Å². The van der Waals surface area contributed by atoms with Crippen LogP contribution in [0, 0.1) is 0 Å². The molecule has 5 rings (SSSR count). The zero-order valence-electron chi connectivity index (χ0n) is 15.4. The molecule has 2 aromatic heterocycles. The van der Waals surface area contributed by atoms with Crippen LogP contribution in [0.2, 0.25) is 0 Å².